The normalized spacial score (nSPS) is 13.1. The van der Waals surface area contributed by atoms with E-state index >= 15 is 0 Å². The zero-order chi connectivity index (χ0) is 28.1. The van der Waals surface area contributed by atoms with E-state index in [9.17, 15) is 27.6 Å². The largest absolute Gasteiger partial charge is 0.481 e. The molecule has 0 aliphatic rings. The molecule has 37 heavy (non-hydrogen) atoms. The lowest BCUT2D eigenvalue weighted by Crippen LogP contribution is -2.46. The molecule has 2 atom stereocenters. The first kappa shape index (κ1) is 35.0. The second kappa shape index (κ2) is 21.0. The molecule has 0 radical (unpaired) electrons. The Balaban J connectivity index is 3.94. The van der Waals surface area contributed by atoms with Gasteiger partial charge in [0.05, 0.1) is 5.92 Å². The molecule has 0 aliphatic carbocycles. The Morgan fingerprint density at radius 3 is 1.46 bits per heavy atom. The molecule has 0 aromatic carbocycles. The molecule has 10 nitrogen and oxygen atoms in total. The smallest absolute Gasteiger partial charge is 0.306 e. The number of hydrogen-bond donors (Lipinski definition) is 4. The fourth-order valence-corrected chi connectivity index (χ4v) is 4.86. The molecule has 0 aromatic rings. The molecule has 0 spiro atoms. The van der Waals surface area contributed by atoms with Gasteiger partial charge < -0.3 is 15.5 Å². The van der Waals surface area contributed by atoms with E-state index in [1.54, 1.807) is 6.92 Å². The number of hydrogen-bond acceptors (Lipinski definition) is 6. The van der Waals surface area contributed by atoms with E-state index in [0.29, 0.717) is 6.42 Å². The summed E-state index contributed by atoms with van der Waals surface area (Å²) in [5, 5.41) is 20.1. The van der Waals surface area contributed by atoms with E-state index < -0.39 is 57.9 Å². The van der Waals surface area contributed by atoms with Crippen molar-refractivity contribution >= 4 is 33.7 Å². The summed E-state index contributed by atoms with van der Waals surface area (Å²) in [6.45, 7) is 1.60. The molecule has 0 saturated carbocycles. The van der Waals surface area contributed by atoms with Gasteiger partial charge in [0, 0.05) is 19.3 Å². The second-order valence-electron chi connectivity index (χ2n) is 9.83. The molecule has 216 valence electrons. The first-order valence-electron chi connectivity index (χ1n) is 13.7. The molecule has 1 amide bonds. The highest BCUT2D eigenvalue weighted by Gasteiger charge is 2.29. The predicted octanol–water partition coefficient (Wildman–Crippen LogP) is 4.76. The number of Topliss-reactive ketones (excluding diaryl/α,β-unsaturated/α-hetero) is 1. The summed E-state index contributed by atoms with van der Waals surface area (Å²) in [5.74, 6) is -5.06. The van der Waals surface area contributed by atoms with Gasteiger partial charge in [-0.2, -0.15) is 8.42 Å². The molecule has 0 aliphatic heterocycles. The molecule has 0 heterocycles. The molecule has 4 N–H and O–H groups in total. The topological polar surface area (TPSA) is 175 Å². The van der Waals surface area contributed by atoms with Crippen molar-refractivity contribution < 1.29 is 42.4 Å². The maximum Gasteiger partial charge on any atom is 0.306 e. The van der Waals surface area contributed by atoms with E-state index in [2.05, 4.69) is 5.32 Å². The van der Waals surface area contributed by atoms with E-state index in [1.165, 1.54) is 38.5 Å². The Morgan fingerprint density at radius 1 is 0.703 bits per heavy atom. The van der Waals surface area contributed by atoms with E-state index in [4.69, 9.17) is 14.8 Å². The van der Waals surface area contributed by atoms with Crippen molar-refractivity contribution in [2.75, 3.05) is 5.75 Å². The summed E-state index contributed by atoms with van der Waals surface area (Å²) < 4.78 is 31.6. The van der Waals surface area contributed by atoms with Gasteiger partial charge in [-0.3, -0.25) is 23.7 Å². The van der Waals surface area contributed by atoms with Crippen LogP contribution in [0.2, 0.25) is 0 Å². The van der Waals surface area contributed by atoms with Gasteiger partial charge >= 0.3 is 11.9 Å². The van der Waals surface area contributed by atoms with Crippen molar-refractivity contribution in [3.05, 3.63) is 0 Å². The predicted molar refractivity (Wildman–Crippen MR) is 141 cm³/mol. The fraction of sp³-hybridized carbons (Fsp3) is 0.846. The first-order chi connectivity index (χ1) is 17.5. The van der Waals surface area contributed by atoms with Gasteiger partial charge in [0.1, 0.15) is 11.8 Å². The van der Waals surface area contributed by atoms with E-state index in [1.807, 2.05) is 0 Å². The van der Waals surface area contributed by atoms with Gasteiger partial charge in [0.15, 0.2) is 5.78 Å². The van der Waals surface area contributed by atoms with Crippen molar-refractivity contribution in [2.45, 2.75) is 129 Å². The number of amides is 1. The fourth-order valence-electron chi connectivity index (χ4n) is 4.17. The summed E-state index contributed by atoms with van der Waals surface area (Å²) in [6, 6.07) is -1.46. The minimum Gasteiger partial charge on any atom is -0.481 e. The van der Waals surface area contributed by atoms with E-state index in [0.717, 1.165) is 44.9 Å². The third-order valence-electron chi connectivity index (χ3n) is 6.44. The SMILES string of the molecule is CCC(CC(=O)C(CS(=O)(=O)O)NC(=O)CCCCCCCCCCCCCCCCC(=O)O)C(=O)O. The molecule has 0 aromatic heterocycles. The van der Waals surface area contributed by atoms with Crippen LogP contribution in [0, 0.1) is 5.92 Å². The van der Waals surface area contributed by atoms with Crippen LogP contribution in [0.3, 0.4) is 0 Å². The molecule has 0 rings (SSSR count). The highest BCUT2D eigenvalue weighted by atomic mass is 32.2. The molecule has 0 saturated heterocycles. The monoisotopic (exact) mass is 549 g/mol. The number of nitrogens with one attached hydrogen (secondary N) is 1. The van der Waals surface area contributed by atoms with Crippen LogP contribution in [0.1, 0.15) is 122 Å². The average molecular weight is 550 g/mol. The van der Waals surface area contributed by atoms with Crippen molar-refractivity contribution in [3.63, 3.8) is 0 Å². The lowest BCUT2D eigenvalue weighted by Gasteiger charge is -2.18. The van der Waals surface area contributed by atoms with Gasteiger partial charge in [-0.05, 0) is 19.3 Å². The van der Waals surface area contributed by atoms with Gasteiger partial charge in [0.25, 0.3) is 10.1 Å². The molecule has 0 bridgehead atoms. The van der Waals surface area contributed by atoms with Crippen LogP contribution in [0.4, 0.5) is 0 Å². The summed E-state index contributed by atoms with van der Waals surface area (Å²) in [6.07, 6.45) is 14.8. The molecule has 0 fully saturated rings. The minimum atomic E-state index is -4.53. The number of aliphatic carboxylic acids is 2. The van der Waals surface area contributed by atoms with E-state index in [-0.39, 0.29) is 19.3 Å². The number of unbranched alkanes of at least 4 members (excludes halogenated alkanes) is 13. The third kappa shape index (κ3) is 21.8. The van der Waals surface area contributed by atoms with Crippen LogP contribution in [-0.2, 0) is 29.3 Å². The standard InChI is InChI=1S/C26H47NO9S/c1-2-21(26(32)33)19-23(28)22(20-37(34,35)36)27-24(29)17-15-13-11-9-7-5-3-4-6-8-10-12-14-16-18-25(30)31/h21-22H,2-20H2,1H3,(H,27,29)(H,30,31)(H,32,33)(H,34,35,36). The summed E-state index contributed by atoms with van der Waals surface area (Å²) in [7, 11) is -4.53. The van der Waals surface area contributed by atoms with Crippen LogP contribution >= 0.6 is 0 Å². The van der Waals surface area contributed by atoms with Gasteiger partial charge in [0.2, 0.25) is 5.91 Å². The number of carbonyl (C=O) groups excluding carboxylic acids is 2. The molecule has 2 unspecified atom stereocenters. The number of ketones is 1. The van der Waals surface area contributed by atoms with Crippen molar-refractivity contribution in [3.8, 4) is 0 Å². The Kier molecular flexibility index (Phi) is 19.8. The third-order valence-corrected chi connectivity index (χ3v) is 7.19. The van der Waals surface area contributed by atoms with Crippen molar-refractivity contribution in [1.82, 2.24) is 5.32 Å². The highest BCUT2D eigenvalue weighted by Crippen LogP contribution is 2.14. The zero-order valence-electron chi connectivity index (χ0n) is 22.3. The Bertz CT molecular complexity index is 783. The van der Waals surface area contributed by atoms with Crippen LogP contribution < -0.4 is 5.32 Å². The number of rotatable bonds is 25. The minimum absolute atomic E-state index is 0.127. The van der Waals surface area contributed by atoms with Crippen LogP contribution in [0.15, 0.2) is 0 Å². The second-order valence-corrected chi connectivity index (χ2v) is 11.3. The summed E-state index contributed by atoms with van der Waals surface area (Å²) >= 11 is 0. The lowest BCUT2D eigenvalue weighted by atomic mass is 9.97. The first-order valence-corrected chi connectivity index (χ1v) is 15.3. The van der Waals surface area contributed by atoms with Crippen LogP contribution in [0.5, 0.6) is 0 Å². The zero-order valence-corrected chi connectivity index (χ0v) is 23.1. The Hall–Kier alpha value is -2.01. The van der Waals surface area contributed by atoms with Gasteiger partial charge in [-0.25, -0.2) is 0 Å². The lowest BCUT2D eigenvalue weighted by molar-refractivity contribution is -0.144. The van der Waals surface area contributed by atoms with Crippen molar-refractivity contribution in [2.24, 2.45) is 5.92 Å². The maximum atomic E-state index is 12.4. The molecular formula is C26H47NO9S. The number of carbonyl (C=O) groups is 4. The Labute approximate surface area is 221 Å². The van der Waals surface area contributed by atoms with Crippen molar-refractivity contribution in [1.29, 1.82) is 0 Å². The quantitative estimate of drug-likeness (QED) is 0.0924. The van der Waals surface area contributed by atoms with Crippen LogP contribution in [-0.4, -0.2) is 58.6 Å². The van der Waals surface area contributed by atoms with Gasteiger partial charge in [-0.15, -0.1) is 0 Å². The molecule has 11 heteroatoms. The van der Waals surface area contributed by atoms with Crippen LogP contribution in [0.25, 0.3) is 0 Å². The summed E-state index contributed by atoms with van der Waals surface area (Å²) in [5.41, 5.74) is 0. The number of carboxylic acid groups (broad SMARTS) is 2. The maximum absolute atomic E-state index is 12.4. The van der Waals surface area contributed by atoms with Gasteiger partial charge in [-0.1, -0.05) is 84.0 Å². The summed E-state index contributed by atoms with van der Waals surface area (Å²) in [4.78, 5) is 46.2. The Morgan fingerprint density at radius 2 is 1.11 bits per heavy atom. The molecular weight excluding hydrogens is 502 g/mol. The highest BCUT2D eigenvalue weighted by molar-refractivity contribution is 7.85. The average Bonchev–Trinajstić information content (AvgIpc) is 2.80. The number of carboxylic acids is 2.